The third-order valence-corrected chi connectivity index (χ3v) is 4.02. The van der Waals surface area contributed by atoms with E-state index >= 15 is 0 Å². The lowest BCUT2D eigenvalue weighted by atomic mass is 9.93. The van der Waals surface area contributed by atoms with Gasteiger partial charge in [0.2, 0.25) is 0 Å². The molecule has 20 heavy (non-hydrogen) atoms. The van der Waals surface area contributed by atoms with Crippen LogP contribution in [0, 0.1) is 11.3 Å². The van der Waals surface area contributed by atoms with Crippen molar-refractivity contribution in [1.29, 1.82) is 5.26 Å². The number of rotatable bonds is 3. The van der Waals surface area contributed by atoms with Crippen LogP contribution in [0.1, 0.15) is 29.2 Å². The lowest BCUT2D eigenvalue weighted by Crippen LogP contribution is -2.40. The number of halogens is 1. The van der Waals surface area contributed by atoms with E-state index in [1.807, 2.05) is 30.3 Å². The quantitative estimate of drug-likeness (QED) is 0.850. The summed E-state index contributed by atoms with van der Waals surface area (Å²) in [5.41, 5.74) is 3.11. The Morgan fingerprint density at radius 2 is 1.80 bits per heavy atom. The third kappa shape index (κ3) is 2.56. The molecule has 0 aromatic heterocycles. The Bertz CT molecular complexity index is 639. The zero-order valence-electron chi connectivity index (χ0n) is 11.1. The summed E-state index contributed by atoms with van der Waals surface area (Å²) < 4.78 is 0. The van der Waals surface area contributed by atoms with E-state index in [0.717, 1.165) is 18.1 Å². The smallest absolute Gasteiger partial charge is 0.0991 e. The van der Waals surface area contributed by atoms with Gasteiger partial charge >= 0.3 is 0 Å². The van der Waals surface area contributed by atoms with Gasteiger partial charge in [-0.05, 0) is 41.8 Å². The highest BCUT2D eigenvalue weighted by Crippen LogP contribution is 2.33. The van der Waals surface area contributed by atoms with Crippen LogP contribution in [0.4, 0.5) is 0 Å². The Morgan fingerprint density at radius 1 is 1.05 bits per heavy atom. The molecule has 0 amide bonds. The van der Waals surface area contributed by atoms with E-state index in [1.165, 1.54) is 17.5 Å². The fourth-order valence-corrected chi connectivity index (χ4v) is 2.76. The van der Waals surface area contributed by atoms with Gasteiger partial charge in [0.25, 0.3) is 0 Å². The maximum absolute atomic E-state index is 9.08. The van der Waals surface area contributed by atoms with Crippen LogP contribution in [0.5, 0.6) is 0 Å². The van der Waals surface area contributed by atoms with Crippen LogP contribution in [0.2, 0.25) is 5.02 Å². The summed E-state index contributed by atoms with van der Waals surface area (Å²) in [6, 6.07) is 18.3. The summed E-state index contributed by atoms with van der Waals surface area (Å²) in [5.74, 6) is 0. The minimum absolute atomic E-state index is 0.217. The Labute approximate surface area is 124 Å². The van der Waals surface area contributed by atoms with Crippen LogP contribution in [0.15, 0.2) is 48.5 Å². The van der Waals surface area contributed by atoms with Crippen molar-refractivity contribution in [3.05, 3.63) is 70.2 Å². The van der Waals surface area contributed by atoms with Crippen LogP contribution in [-0.2, 0) is 0 Å². The van der Waals surface area contributed by atoms with Gasteiger partial charge in [-0.2, -0.15) is 5.26 Å². The standard InChI is InChI=1S/C17H15ClN2/c18-16-7-5-14(6-8-16)17(20-9-2-10-20)15-4-1-3-13(11-15)12-19/h1,3-8,11,17H,2,9-10H2/t17-/m0/s1. The number of nitriles is 1. The zero-order chi connectivity index (χ0) is 13.9. The average molecular weight is 283 g/mol. The molecule has 0 radical (unpaired) electrons. The van der Waals surface area contributed by atoms with Crippen molar-refractivity contribution in [3.63, 3.8) is 0 Å². The fourth-order valence-electron chi connectivity index (χ4n) is 2.64. The highest BCUT2D eigenvalue weighted by atomic mass is 35.5. The molecule has 1 atom stereocenters. The minimum atomic E-state index is 0.217. The van der Waals surface area contributed by atoms with Gasteiger partial charge in [0, 0.05) is 18.1 Å². The van der Waals surface area contributed by atoms with Gasteiger partial charge < -0.3 is 0 Å². The molecule has 0 spiro atoms. The summed E-state index contributed by atoms with van der Waals surface area (Å²) in [4.78, 5) is 2.43. The number of hydrogen-bond donors (Lipinski definition) is 0. The van der Waals surface area contributed by atoms with Gasteiger partial charge in [-0.15, -0.1) is 0 Å². The summed E-state index contributed by atoms with van der Waals surface area (Å²) in [6.07, 6.45) is 1.24. The first-order valence-electron chi connectivity index (χ1n) is 6.77. The topological polar surface area (TPSA) is 27.0 Å². The van der Waals surface area contributed by atoms with Crippen LogP contribution in [-0.4, -0.2) is 18.0 Å². The number of hydrogen-bond acceptors (Lipinski definition) is 2. The van der Waals surface area contributed by atoms with Crippen LogP contribution in [0.25, 0.3) is 0 Å². The third-order valence-electron chi connectivity index (χ3n) is 3.77. The lowest BCUT2D eigenvalue weighted by Gasteiger charge is -2.39. The molecule has 1 fully saturated rings. The second-order valence-electron chi connectivity index (χ2n) is 5.08. The number of likely N-dealkylation sites (tertiary alicyclic amines) is 1. The van der Waals surface area contributed by atoms with Crippen molar-refractivity contribution >= 4 is 11.6 Å². The molecule has 3 heteroatoms. The first-order valence-corrected chi connectivity index (χ1v) is 7.15. The second-order valence-corrected chi connectivity index (χ2v) is 5.52. The van der Waals surface area contributed by atoms with E-state index in [4.69, 9.17) is 16.9 Å². The van der Waals surface area contributed by atoms with Crippen LogP contribution < -0.4 is 0 Å². The molecule has 0 saturated carbocycles. The SMILES string of the molecule is N#Cc1cccc([C@H](c2ccc(Cl)cc2)N2CCC2)c1. The molecule has 100 valence electrons. The summed E-state index contributed by atoms with van der Waals surface area (Å²) >= 11 is 5.98. The fraction of sp³-hybridized carbons (Fsp3) is 0.235. The predicted octanol–water partition coefficient (Wildman–Crippen LogP) is 4.01. The van der Waals surface area contributed by atoms with Crippen molar-refractivity contribution in [3.8, 4) is 6.07 Å². The van der Waals surface area contributed by atoms with E-state index in [2.05, 4.69) is 29.2 Å². The first kappa shape index (κ1) is 13.2. The Hall–Kier alpha value is -1.82. The van der Waals surface area contributed by atoms with Gasteiger partial charge in [0.15, 0.2) is 0 Å². The average Bonchev–Trinajstić information content (AvgIpc) is 2.44. The van der Waals surface area contributed by atoms with Gasteiger partial charge in [0.1, 0.15) is 0 Å². The van der Waals surface area contributed by atoms with E-state index in [1.54, 1.807) is 0 Å². The number of benzene rings is 2. The van der Waals surface area contributed by atoms with Gasteiger partial charge in [-0.1, -0.05) is 35.9 Å². The summed E-state index contributed by atoms with van der Waals surface area (Å²) in [5, 5.41) is 9.83. The molecule has 0 unspecified atom stereocenters. The van der Waals surface area contributed by atoms with Crippen molar-refractivity contribution in [2.24, 2.45) is 0 Å². The highest BCUT2D eigenvalue weighted by Gasteiger charge is 2.26. The van der Waals surface area contributed by atoms with E-state index < -0.39 is 0 Å². The number of nitrogens with zero attached hydrogens (tertiary/aromatic N) is 2. The molecule has 1 aliphatic rings. The van der Waals surface area contributed by atoms with Crippen LogP contribution >= 0.6 is 11.6 Å². The van der Waals surface area contributed by atoms with Crippen LogP contribution in [0.3, 0.4) is 0 Å². The molecular weight excluding hydrogens is 268 g/mol. The molecule has 2 nitrogen and oxygen atoms in total. The molecule has 1 heterocycles. The lowest BCUT2D eigenvalue weighted by molar-refractivity contribution is 0.140. The Morgan fingerprint density at radius 3 is 2.40 bits per heavy atom. The van der Waals surface area contributed by atoms with E-state index in [-0.39, 0.29) is 6.04 Å². The Kier molecular flexibility index (Phi) is 3.73. The maximum Gasteiger partial charge on any atom is 0.0991 e. The Balaban J connectivity index is 2.01. The van der Waals surface area contributed by atoms with Crippen molar-refractivity contribution in [2.75, 3.05) is 13.1 Å². The predicted molar refractivity (Wildman–Crippen MR) is 80.6 cm³/mol. The largest absolute Gasteiger partial charge is 0.292 e. The summed E-state index contributed by atoms with van der Waals surface area (Å²) in [6.45, 7) is 2.20. The molecule has 0 bridgehead atoms. The van der Waals surface area contributed by atoms with E-state index in [0.29, 0.717) is 5.56 Å². The molecule has 1 aliphatic heterocycles. The molecule has 2 aromatic rings. The molecule has 2 aromatic carbocycles. The zero-order valence-corrected chi connectivity index (χ0v) is 11.8. The molecular formula is C17H15ClN2. The van der Waals surface area contributed by atoms with E-state index in [9.17, 15) is 0 Å². The normalized spacial score (nSPS) is 16.2. The second kappa shape index (κ2) is 5.66. The van der Waals surface area contributed by atoms with Gasteiger partial charge in [0.05, 0.1) is 17.7 Å². The van der Waals surface area contributed by atoms with Crippen molar-refractivity contribution in [2.45, 2.75) is 12.5 Å². The van der Waals surface area contributed by atoms with Crippen molar-refractivity contribution < 1.29 is 0 Å². The molecule has 3 rings (SSSR count). The molecule has 0 N–H and O–H groups in total. The van der Waals surface area contributed by atoms with Gasteiger partial charge in [-0.3, -0.25) is 4.90 Å². The highest BCUT2D eigenvalue weighted by molar-refractivity contribution is 6.30. The van der Waals surface area contributed by atoms with Crippen molar-refractivity contribution in [1.82, 2.24) is 4.90 Å². The molecule has 1 saturated heterocycles. The van der Waals surface area contributed by atoms with Gasteiger partial charge in [-0.25, -0.2) is 0 Å². The molecule has 0 aliphatic carbocycles. The maximum atomic E-state index is 9.08. The first-order chi connectivity index (χ1) is 9.78. The summed E-state index contributed by atoms with van der Waals surface area (Å²) in [7, 11) is 0. The minimum Gasteiger partial charge on any atom is -0.292 e. The monoisotopic (exact) mass is 282 g/mol.